The minimum absolute atomic E-state index is 0.0162. The number of non-ortho nitro benzene ring substituents is 1. The van der Waals surface area contributed by atoms with Gasteiger partial charge in [-0.05, 0) is 60.2 Å². The fourth-order valence-corrected chi connectivity index (χ4v) is 2.29. The molecule has 0 amide bonds. The molecule has 5 nitrogen and oxygen atoms in total. The summed E-state index contributed by atoms with van der Waals surface area (Å²) in [4.78, 5) is 22.4. The van der Waals surface area contributed by atoms with Crippen molar-refractivity contribution in [1.82, 2.24) is 0 Å². The van der Waals surface area contributed by atoms with E-state index in [0.29, 0.717) is 16.9 Å². The van der Waals surface area contributed by atoms with Gasteiger partial charge in [0, 0.05) is 17.7 Å². The summed E-state index contributed by atoms with van der Waals surface area (Å²) >= 11 is 0. The molecule has 3 aromatic rings. The lowest BCUT2D eigenvalue weighted by molar-refractivity contribution is -0.384. The summed E-state index contributed by atoms with van der Waals surface area (Å²) in [5.41, 5.74) is 1.26. The lowest BCUT2D eigenvalue weighted by Crippen LogP contribution is -1.94. The number of ether oxygens (including phenoxy) is 1. The molecule has 0 radical (unpaired) electrons. The number of ketones is 1. The summed E-state index contributed by atoms with van der Waals surface area (Å²) in [7, 11) is 0. The van der Waals surface area contributed by atoms with E-state index in [-0.39, 0.29) is 11.5 Å². The molecule has 5 heteroatoms. The van der Waals surface area contributed by atoms with Crippen molar-refractivity contribution >= 4 is 17.5 Å². The van der Waals surface area contributed by atoms with Crippen LogP contribution in [0.25, 0.3) is 6.08 Å². The third-order valence-corrected chi connectivity index (χ3v) is 3.65. The lowest BCUT2D eigenvalue weighted by atomic mass is 10.1. The summed E-state index contributed by atoms with van der Waals surface area (Å²) in [6.07, 6.45) is 3.06. The SMILES string of the molecule is O=C(C=Cc1ccc([N+](=O)[O-])cc1)c1ccc(Oc2ccccc2)cc1. The predicted molar refractivity (Wildman–Crippen MR) is 99.4 cm³/mol. The maximum absolute atomic E-state index is 12.2. The molecule has 128 valence electrons. The van der Waals surface area contributed by atoms with Crippen LogP contribution in [0.4, 0.5) is 5.69 Å². The molecule has 3 rings (SSSR count). The number of carbonyl (C=O) groups excluding carboxylic acids is 1. The van der Waals surface area contributed by atoms with E-state index in [4.69, 9.17) is 4.74 Å². The second-order valence-electron chi connectivity index (χ2n) is 5.49. The Morgan fingerprint density at radius 1 is 0.846 bits per heavy atom. The topological polar surface area (TPSA) is 69.4 Å². The van der Waals surface area contributed by atoms with E-state index in [1.165, 1.54) is 18.2 Å². The van der Waals surface area contributed by atoms with E-state index in [1.54, 1.807) is 42.5 Å². The highest BCUT2D eigenvalue weighted by Gasteiger charge is 2.05. The number of para-hydroxylation sites is 1. The average molecular weight is 345 g/mol. The molecule has 0 aliphatic rings. The van der Waals surface area contributed by atoms with Gasteiger partial charge >= 0.3 is 0 Å². The molecular formula is C21H15NO4. The molecule has 0 bridgehead atoms. The molecular weight excluding hydrogens is 330 g/mol. The maximum Gasteiger partial charge on any atom is 0.269 e. The number of hydrogen-bond acceptors (Lipinski definition) is 4. The fraction of sp³-hybridized carbons (Fsp3) is 0. The van der Waals surface area contributed by atoms with Gasteiger partial charge < -0.3 is 4.74 Å². The van der Waals surface area contributed by atoms with Gasteiger partial charge in [0.15, 0.2) is 5.78 Å². The molecule has 0 aliphatic heterocycles. The van der Waals surface area contributed by atoms with Crippen molar-refractivity contribution in [3.8, 4) is 11.5 Å². The summed E-state index contributed by atoms with van der Waals surface area (Å²) in [5, 5.41) is 10.6. The fourth-order valence-electron chi connectivity index (χ4n) is 2.29. The van der Waals surface area contributed by atoms with Crippen LogP contribution in [0.15, 0.2) is 84.9 Å². The maximum atomic E-state index is 12.2. The Hall–Kier alpha value is -3.73. The number of rotatable bonds is 6. The second-order valence-corrected chi connectivity index (χ2v) is 5.49. The van der Waals surface area contributed by atoms with Crippen LogP contribution < -0.4 is 4.74 Å². The highest BCUT2D eigenvalue weighted by molar-refractivity contribution is 6.06. The Labute approximate surface area is 150 Å². The molecule has 0 aromatic heterocycles. The summed E-state index contributed by atoms with van der Waals surface area (Å²) < 4.78 is 5.69. The van der Waals surface area contributed by atoms with Crippen molar-refractivity contribution in [3.63, 3.8) is 0 Å². The van der Waals surface area contributed by atoms with Crippen molar-refractivity contribution in [3.05, 3.63) is 106 Å². The lowest BCUT2D eigenvalue weighted by Gasteiger charge is -2.05. The second kappa shape index (κ2) is 7.90. The van der Waals surface area contributed by atoms with Crippen LogP contribution in [0.3, 0.4) is 0 Å². The highest BCUT2D eigenvalue weighted by atomic mass is 16.6. The Morgan fingerprint density at radius 3 is 2.08 bits per heavy atom. The number of nitro benzene ring substituents is 1. The van der Waals surface area contributed by atoms with Gasteiger partial charge in [-0.3, -0.25) is 14.9 Å². The van der Waals surface area contributed by atoms with Gasteiger partial charge in [0.05, 0.1) is 4.92 Å². The van der Waals surface area contributed by atoms with Gasteiger partial charge in [0.2, 0.25) is 0 Å². The Morgan fingerprint density at radius 2 is 1.46 bits per heavy atom. The quantitative estimate of drug-likeness (QED) is 0.264. The number of benzene rings is 3. The van der Waals surface area contributed by atoms with Crippen LogP contribution in [-0.4, -0.2) is 10.7 Å². The number of allylic oxidation sites excluding steroid dienone is 1. The number of hydrogen-bond donors (Lipinski definition) is 0. The van der Waals surface area contributed by atoms with Crippen LogP contribution in [0, 0.1) is 10.1 Å². The summed E-state index contributed by atoms with van der Waals surface area (Å²) in [5.74, 6) is 1.21. The molecule has 0 atom stereocenters. The summed E-state index contributed by atoms with van der Waals surface area (Å²) in [6, 6.07) is 22.2. The number of nitro groups is 1. The summed E-state index contributed by atoms with van der Waals surface area (Å²) in [6.45, 7) is 0. The smallest absolute Gasteiger partial charge is 0.269 e. The Bertz CT molecular complexity index is 930. The van der Waals surface area contributed by atoms with Crippen molar-refractivity contribution in [2.24, 2.45) is 0 Å². The minimum Gasteiger partial charge on any atom is -0.457 e. The first kappa shape index (κ1) is 17.1. The first-order chi connectivity index (χ1) is 12.6. The van der Waals surface area contributed by atoms with Crippen LogP contribution in [-0.2, 0) is 0 Å². The van der Waals surface area contributed by atoms with Gasteiger partial charge in [0.25, 0.3) is 5.69 Å². The van der Waals surface area contributed by atoms with Crippen molar-refractivity contribution < 1.29 is 14.5 Å². The zero-order valence-electron chi connectivity index (χ0n) is 13.7. The number of carbonyl (C=O) groups is 1. The van der Waals surface area contributed by atoms with Crippen molar-refractivity contribution in [1.29, 1.82) is 0 Å². The van der Waals surface area contributed by atoms with E-state index >= 15 is 0 Å². The molecule has 0 N–H and O–H groups in total. The largest absolute Gasteiger partial charge is 0.457 e. The van der Waals surface area contributed by atoms with Crippen molar-refractivity contribution in [2.45, 2.75) is 0 Å². The van der Waals surface area contributed by atoms with Gasteiger partial charge in [-0.25, -0.2) is 0 Å². The van der Waals surface area contributed by atoms with Crippen LogP contribution in [0.2, 0.25) is 0 Å². The van der Waals surface area contributed by atoms with E-state index in [2.05, 4.69) is 0 Å². The minimum atomic E-state index is -0.461. The Balaban J connectivity index is 1.65. The molecule has 0 spiro atoms. The Kier molecular flexibility index (Phi) is 5.19. The molecule has 0 saturated carbocycles. The van der Waals surface area contributed by atoms with E-state index in [1.807, 2.05) is 30.3 Å². The molecule has 0 aliphatic carbocycles. The molecule has 0 saturated heterocycles. The van der Waals surface area contributed by atoms with E-state index in [9.17, 15) is 14.9 Å². The van der Waals surface area contributed by atoms with E-state index in [0.717, 1.165) is 5.75 Å². The van der Waals surface area contributed by atoms with Crippen molar-refractivity contribution in [2.75, 3.05) is 0 Å². The predicted octanol–water partition coefficient (Wildman–Crippen LogP) is 5.28. The number of nitrogens with zero attached hydrogens (tertiary/aromatic N) is 1. The zero-order chi connectivity index (χ0) is 18.4. The molecule has 26 heavy (non-hydrogen) atoms. The van der Waals surface area contributed by atoms with Gasteiger partial charge in [-0.1, -0.05) is 24.3 Å². The van der Waals surface area contributed by atoms with Gasteiger partial charge in [0.1, 0.15) is 11.5 Å². The monoisotopic (exact) mass is 345 g/mol. The molecule has 0 heterocycles. The van der Waals surface area contributed by atoms with Crippen LogP contribution >= 0.6 is 0 Å². The van der Waals surface area contributed by atoms with Crippen LogP contribution in [0.5, 0.6) is 11.5 Å². The molecule has 0 fully saturated rings. The normalized spacial score (nSPS) is 10.6. The first-order valence-electron chi connectivity index (χ1n) is 7.92. The van der Waals surface area contributed by atoms with E-state index < -0.39 is 4.92 Å². The zero-order valence-corrected chi connectivity index (χ0v) is 13.7. The third-order valence-electron chi connectivity index (χ3n) is 3.65. The average Bonchev–Trinajstić information content (AvgIpc) is 2.68. The molecule has 3 aromatic carbocycles. The van der Waals surface area contributed by atoms with Gasteiger partial charge in [-0.15, -0.1) is 0 Å². The first-order valence-corrected chi connectivity index (χ1v) is 7.92. The van der Waals surface area contributed by atoms with Gasteiger partial charge in [-0.2, -0.15) is 0 Å². The standard InChI is InChI=1S/C21H15NO4/c23-21(15-8-16-6-11-18(12-7-16)22(24)25)17-9-13-20(14-10-17)26-19-4-2-1-3-5-19/h1-15H. The molecule has 0 unspecified atom stereocenters. The third kappa shape index (κ3) is 4.42. The highest BCUT2D eigenvalue weighted by Crippen LogP contribution is 2.21. The van der Waals surface area contributed by atoms with Crippen LogP contribution in [0.1, 0.15) is 15.9 Å².